The second kappa shape index (κ2) is 3.57. The number of aromatic nitrogens is 2. The van der Waals surface area contributed by atoms with Crippen molar-refractivity contribution in [3.05, 3.63) is 23.6 Å². The molecule has 2 aromatic rings. The maximum absolute atomic E-state index is 12.1. The number of nitrogens with one attached hydrogen (secondary N) is 2. The average molecular weight is 250 g/mol. The highest BCUT2D eigenvalue weighted by Gasteiger charge is 2.37. The molecule has 2 aromatic heterocycles. The van der Waals surface area contributed by atoms with Gasteiger partial charge >= 0.3 is 0 Å². The van der Waals surface area contributed by atoms with Gasteiger partial charge in [0.05, 0.1) is 0 Å². The molecule has 90 valence electrons. The summed E-state index contributed by atoms with van der Waals surface area (Å²) in [6, 6.07) is 0.340. The minimum absolute atomic E-state index is 0.0290. The molecule has 1 aliphatic carbocycles. The normalized spacial score (nSPS) is 19.2. The van der Waals surface area contributed by atoms with E-state index in [1.807, 2.05) is 22.3 Å². The summed E-state index contributed by atoms with van der Waals surface area (Å²) in [5.41, 5.74) is 1.11. The number of amides is 1. The molecule has 0 bridgehead atoms. The summed E-state index contributed by atoms with van der Waals surface area (Å²) < 4.78 is 1.89. The molecule has 1 fully saturated rings. The molecular weight excluding hydrogens is 234 g/mol. The molecule has 2 heterocycles. The molecule has 0 aliphatic heterocycles. The standard InChI is InChI=1S/C12H15N3OS/c1-12(2)3-8(4-12)14-11(16)9-6-17-10-5-13-7-15(9)10/h5-8H,3-4H2,1-2H3,(H,14,16)/p+1. The highest BCUT2D eigenvalue weighted by Crippen LogP contribution is 2.39. The first-order valence-electron chi connectivity index (χ1n) is 5.82. The molecule has 1 amide bonds. The smallest absolute Gasteiger partial charge is 0.292 e. The lowest BCUT2D eigenvalue weighted by atomic mass is 9.68. The number of carbonyl (C=O) groups excluding carboxylic acids is 1. The van der Waals surface area contributed by atoms with E-state index in [2.05, 4.69) is 24.1 Å². The molecule has 2 N–H and O–H groups in total. The maximum Gasteiger partial charge on any atom is 0.292 e. The van der Waals surface area contributed by atoms with Crippen molar-refractivity contribution in [1.82, 2.24) is 10.3 Å². The van der Waals surface area contributed by atoms with Crippen molar-refractivity contribution >= 4 is 22.1 Å². The van der Waals surface area contributed by atoms with Crippen LogP contribution < -0.4 is 9.72 Å². The van der Waals surface area contributed by atoms with Gasteiger partial charge in [-0.15, -0.1) is 0 Å². The quantitative estimate of drug-likeness (QED) is 0.784. The second-order valence-corrected chi connectivity index (χ2v) is 6.40. The zero-order valence-electron chi connectivity index (χ0n) is 9.99. The van der Waals surface area contributed by atoms with Gasteiger partial charge in [0.2, 0.25) is 16.9 Å². The Morgan fingerprint density at radius 2 is 2.35 bits per heavy atom. The van der Waals surface area contributed by atoms with E-state index in [9.17, 15) is 4.79 Å². The van der Waals surface area contributed by atoms with Crippen molar-refractivity contribution in [2.45, 2.75) is 32.7 Å². The molecule has 4 nitrogen and oxygen atoms in total. The summed E-state index contributed by atoms with van der Waals surface area (Å²) in [7, 11) is 0. The van der Waals surface area contributed by atoms with Gasteiger partial charge in [-0.25, -0.2) is 4.98 Å². The number of thiazole rings is 1. The van der Waals surface area contributed by atoms with E-state index >= 15 is 0 Å². The molecule has 1 saturated carbocycles. The number of aromatic amines is 1. The predicted octanol–water partition coefficient (Wildman–Crippen LogP) is 1.73. The Kier molecular flexibility index (Phi) is 2.26. The fraction of sp³-hybridized carbons (Fsp3) is 0.500. The van der Waals surface area contributed by atoms with Gasteiger partial charge in [0.1, 0.15) is 6.20 Å². The van der Waals surface area contributed by atoms with Crippen molar-refractivity contribution in [2.24, 2.45) is 5.41 Å². The summed E-state index contributed by atoms with van der Waals surface area (Å²) in [6.07, 6.45) is 5.85. The molecule has 3 rings (SSSR count). The maximum atomic E-state index is 12.1. The zero-order chi connectivity index (χ0) is 12.0. The Balaban J connectivity index is 1.73. The van der Waals surface area contributed by atoms with Gasteiger partial charge in [0.25, 0.3) is 5.91 Å². The molecule has 1 aliphatic rings. The third kappa shape index (κ3) is 1.84. The van der Waals surface area contributed by atoms with Crippen LogP contribution in [0.4, 0.5) is 0 Å². The summed E-state index contributed by atoms with van der Waals surface area (Å²) in [6.45, 7) is 4.47. The Morgan fingerprint density at radius 1 is 1.59 bits per heavy atom. The fourth-order valence-electron chi connectivity index (χ4n) is 2.57. The van der Waals surface area contributed by atoms with Crippen LogP contribution in [0.1, 0.15) is 37.2 Å². The first-order chi connectivity index (χ1) is 8.05. The second-order valence-electron chi connectivity index (χ2n) is 5.51. The van der Waals surface area contributed by atoms with Gasteiger partial charge < -0.3 is 5.32 Å². The van der Waals surface area contributed by atoms with E-state index in [1.54, 1.807) is 11.3 Å². The first kappa shape index (κ1) is 10.8. The average Bonchev–Trinajstić information content (AvgIpc) is 2.73. The van der Waals surface area contributed by atoms with Crippen molar-refractivity contribution in [2.75, 3.05) is 0 Å². The Bertz CT molecular complexity index is 561. The summed E-state index contributed by atoms with van der Waals surface area (Å²) in [5, 5.41) is 4.99. The minimum atomic E-state index is 0.0290. The van der Waals surface area contributed by atoms with E-state index < -0.39 is 0 Å². The first-order valence-corrected chi connectivity index (χ1v) is 6.70. The lowest BCUT2D eigenvalue weighted by Gasteiger charge is -2.42. The van der Waals surface area contributed by atoms with E-state index in [4.69, 9.17) is 0 Å². The van der Waals surface area contributed by atoms with Crippen molar-refractivity contribution in [1.29, 1.82) is 0 Å². The summed E-state index contributed by atoms with van der Waals surface area (Å²) in [4.78, 5) is 16.2. The van der Waals surface area contributed by atoms with Gasteiger partial charge in [0, 0.05) is 11.4 Å². The van der Waals surface area contributed by atoms with Crippen LogP contribution in [0.3, 0.4) is 0 Å². The van der Waals surface area contributed by atoms with Gasteiger partial charge in [-0.1, -0.05) is 25.2 Å². The van der Waals surface area contributed by atoms with Gasteiger partial charge in [-0.3, -0.25) is 4.79 Å². The lowest BCUT2D eigenvalue weighted by Crippen LogP contribution is -2.49. The third-order valence-corrected chi connectivity index (χ3v) is 4.26. The number of rotatable bonds is 2. The van der Waals surface area contributed by atoms with Crippen LogP contribution in [0.25, 0.3) is 4.83 Å². The van der Waals surface area contributed by atoms with Gasteiger partial charge in [0.15, 0.2) is 0 Å². The van der Waals surface area contributed by atoms with Crippen LogP contribution in [0.2, 0.25) is 0 Å². The molecule has 5 heteroatoms. The number of nitrogens with zero attached hydrogens (tertiary/aromatic N) is 1. The number of imidazole rings is 1. The largest absolute Gasteiger partial charge is 0.346 e. The summed E-state index contributed by atoms with van der Waals surface area (Å²) in [5.74, 6) is 0.0290. The highest BCUT2D eigenvalue weighted by molar-refractivity contribution is 7.15. The minimum Gasteiger partial charge on any atom is -0.346 e. The fourth-order valence-corrected chi connectivity index (χ4v) is 3.42. The number of fused-ring (bicyclic) bond motifs is 1. The molecule has 17 heavy (non-hydrogen) atoms. The molecule has 0 aromatic carbocycles. The van der Waals surface area contributed by atoms with E-state index in [0.717, 1.165) is 23.4 Å². The number of hydrogen-bond donors (Lipinski definition) is 2. The Labute approximate surface area is 104 Å². The van der Waals surface area contributed by atoms with Crippen LogP contribution in [-0.2, 0) is 0 Å². The molecule has 0 atom stereocenters. The zero-order valence-corrected chi connectivity index (χ0v) is 10.8. The SMILES string of the molecule is CC1(C)CC(NC(=O)c2csc3c[nH]c[n+]23)C1. The van der Waals surface area contributed by atoms with Gasteiger partial charge in [-0.05, 0) is 18.3 Å². The molecule has 0 radical (unpaired) electrons. The van der Waals surface area contributed by atoms with E-state index in [-0.39, 0.29) is 5.91 Å². The monoisotopic (exact) mass is 250 g/mol. The van der Waals surface area contributed by atoms with Crippen LogP contribution >= 0.6 is 11.3 Å². The number of H-pyrrole nitrogens is 1. The van der Waals surface area contributed by atoms with Crippen LogP contribution in [-0.4, -0.2) is 16.9 Å². The topological polar surface area (TPSA) is 49.0 Å². The third-order valence-electron chi connectivity index (χ3n) is 3.36. The predicted molar refractivity (Wildman–Crippen MR) is 66.1 cm³/mol. The lowest BCUT2D eigenvalue weighted by molar-refractivity contribution is -0.509. The van der Waals surface area contributed by atoms with E-state index in [1.165, 1.54) is 0 Å². The van der Waals surface area contributed by atoms with E-state index in [0.29, 0.717) is 11.5 Å². The number of carbonyl (C=O) groups is 1. The molecule has 0 unspecified atom stereocenters. The Hall–Kier alpha value is -1.36. The van der Waals surface area contributed by atoms with Crippen LogP contribution in [0, 0.1) is 5.41 Å². The Morgan fingerprint density at radius 3 is 3.06 bits per heavy atom. The summed E-state index contributed by atoms with van der Waals surface area (Å²) >= 11 is 1.57. The highest BCUT2D eigenvalue weighted by atomic mass is 32.1. The molecule has 0 saturated heterocycles. The van der Waals surface area contributed by atoms with Crippen molar-refractivity contribution < 1.29 is 9.20 Å². The molecular formula is C12H16N3OS+. The van der Waals surface area contributed by atoms with Crippen LogP contribution in [0.15, 0.2) is 17.9 Å². The van der Waals surface area contributed by atoms with Crippen molar-refractivity contribution in [3.63, 3.8) is 0 Å². The van der Waals surface area contributed by atoms with Crippen LogP contribution in [0.5, 0.6) is 0 Å². The van der Waals surface area contributed by atoms with Gasteiger partial charge in [-0.2, -0.15) is 4.40 Å². The number of hydrogen-bond acceptors (Lipinski definition) is 2. The molecule has 0 spiro atoms. The van der Waals surface area contributed by atoms with Crippen molar-refractivity contribution in [3.8, 4) is 0 Å².